The van der Waals surface area contributed by atoms with Gasteiger partial charge in [-0.2, -0.15) is 0 Å². The van der Waals surface area contributed by atoms with E-state index in [0.29, 0.717) is 11.4 Å². The SMILES string of the molecule is CCN(CCN(CC(=O)OC(C)(C)C)CC(C(=O)NCCN(CCNC(=O)C(CN(CCN(C(=O)OC(C)(C)C)C(=O)OC(C)(C)C)CC(=O)OC(C)(C)C)N(CC(=O)OC(C)(C)C)CC(=O)OC(C)(C)C)CC(C)=O)N(CC(=O)OC(C)(C)C)CC(=O)OC(C)(C)C)CC(=O)OC(C)(C)C. The zero-order valence-electron chi connectivity index (χ0n) is 66.8. The molecule has 2 unspecified atom stereocenters. The molecular weight excluding hydrogens is 1310 g/mol. The highest BCUT2D eigenvalue weighted by Gasteiger charge is 2.39. The zero-order valence-corrected chi connectivity index (χ0v) is 66.8. The van der Waals surface area contributed by atoms with E-state index in [9.17, 15) is 47.9 Å². The van der Waals surface area contributed by atoms with Crippen molar-refractivity contribution in [3.63, 3.8) is 0 Å². The van der Waals surface area contributed by atoms with Gasteiger partial charge in [0.1, 0.15) is 68.3 Å². The van der Waals surface area contributed by atoms with E-state index in [1.165, 1.54) is 21.6 Å². The summed E-state index contributed by atoms with van der Waals surface area (Å²) in [7, 11) is 0. The number of ketones is 1. The van der Waals surface area contributed by atoms with Crippen molar-refractivity contribution in [2.24, 2.45) is 0 Å². The Balaban J connectivity index is 8.08. The molecule has 0 bridgehead atoms. The summed E-state index contributed by atoms with van der Waals surface area (Å²) in [6.45, 7) is 42.5. The number of ether oxygens (including phenoxy) is 9. The van der Waals surface area contributed by atoms with Crippen LogP contribution in [0.4, 0.5) is 9.59 Å². The second kappa shape index (κ2) is 40.5. The van der Waals surface area contributed by atoms with Gasteiger partial charge in [-0.3, -0.25) is 77.3 Å². The van der Waals surface area contributed by atoms with Crippen molar-refractivity contribution >= 4 is 71.6 Å². The minimum absolute atomic E-state index is 0.0495. The molecule has 30 nitrogen and oxygen atoms in total. The van der Waals surface area contributed by atoms with Gasteiger partial charge in [0.25, 0.3) is 0 Å². The van der Waals surface area contributed by atoms with Crippen molar-refractivity contribution in [1.82, 2.24) is 44.9 Å². The monoisotopic (exact) mass is 1440 g/mol. The van der Waals surface area contributed by atoms with Crippen molar-refractivity contribution in [2.75, 3.05) is 124 Å². The Hall–Kier alpha value is -6.60. The number of carbonyl (C=O) groups is 12. The molecule has 0 rings (SSSR count). The number of amides is 4. The molecule has 101 heavy (non-hydrogen) atoms. The Morgan fingerprint density at radius 1 is 0.287 bits per heavy atom. The zero-order chi connectivity index (χ0) is 78.8. The van der Waals surface area contributed by atoms with Crippen LogP contribution in [0.5, 0.6) is 0 Å². The molecule has 2 atom stereocenters. The number of esters is 7. The van der Waals surface area contributed by atoms with Crippen molar-refractivity contribution in [1.29, 1.82) is 0 Å². The maximum Gasteiger partial charge on any atom is 0.419 e. The Labute approximate surface area is 602 Å². The normalized spacial score (nSPS) is 13.5. The van der Waals surface area contributed by atoms with Crippen molar-refractivity contribution in [2.45, 2.75) is 263 Å². The van der Waals surface area contributed by atoms with Crippen LogP contribution in [0.2, 0.25) is 0 Å². The molecule has 0 saturated carbocycles. The largest absolute Gasteiger partial charge is 0.459 e. The van der Waals surface area contributed by atoms with E-state index in [4.69, 9.17) is 42.6 Å². The first-order valence-electron chi connectivity index (χ1n) is 34.6. The summed E-state index contributed by atoms with van der Waals surface area (Å²) in [6, 6.07) is -2.95. The maximum absolute atomic E-state index is 15.2. The third kappa shape index (κ3) is 48.8. The number of hydrogen-bond donors (Lipinski definition) is 2. The summed E-state index contributed by atoms with van der Waals surface area (Å²) in [5.41, 5.74) is -8.90. The number of hydrogen-bond acceptors (Lipinski definition) is 27. The fraction of sp³-hybridized carbons (Fsp3) is 0.831. The molecule has 0 aliphatic rings. The van der Waals surface area contributed by atoms with Gasteiger partial charge < -0.3 is 53.3 Å². The number of likely N-dealkylation sites (N-methyl/N-ethyl adjacent to an activating group) is 1. The predicted octanol–water partition coefficient (Wildman–Crippen LogP) is 5.94. The summed E-state index contributed by atoms with van der Waals surface area (Å²) >= 11 is 0. The summed E-state index contributed by atoms with van der Waals surface area (Å²) in [5, 5.41) is 5.76. The van der Waals surface area contributed by atoms with Gasteiger partial charge >= 0.3 is 54.0 Å². The quantitative estimate of drug-likeness (QED) is 0.0536. The Kier molecular flexibility index (Phi) is 37.8. The van der Waals surface area contributed by atoms with Crippen LogP contribution in [0.3, 0.4) is 0 Å². The topological polar surface area (TPSA) is 335 Å². The lowest BCUT2D eigenvalue weighted by molar-refractivity contribution is -0.164. The first kappa shape index (κ1) is 94.4. The Bertz CT molecular complexity index is 2640. The summed E-state index contributed by atoms with van der Waals surface area (Å²) in [6.07, 6.45) is -2.15. The number of Topliss-reactive ketones (excluding diaryl/α,β-unsaturated/α-hetero) is 1. The number of nitrogens with one attached hydrogen (secondary N) is 2. The number of carbonyl (C=O) groups excluding carboxylic acids is 12. The second-order valence-electron chi connectivity index (χ2n) is 34.0. The van der Waals surface area contributed by atoms with E-state index < -0.39 is 174 Å². The van der Waals surface area contributed by atoms with Crippen molar-refractivity contribution in [3.8, 4) is 0 Å². The molecule has 2 N–H and O–H groups in total. The average molecular weight is 1440 g/mol. The molecule has 0 fully saturated rings. The molecule has 4 amide bonds. The molecule has 0 aliphatic carbocycles. The van der Waals surface area contributed by atoms with Gasteiger partial charge in [-0.15, -0.1) is 0 Å². The predicted molar refractivity (Wildman–Crippen MR) is 379 cm³/mol. The molecule has 0 spiro atoms. The van der Waals surface area contributed by atoms with Gasteiger partial charge in [-0.1, -0.05) is 6.92 Å². The molecule has 0 saturated heterocycles. The van der Waals surface area contributed by atoms with Gasteiger partial charge in [0.05, 0.1) is 52.4 Å². The highest BCUT2D eigenvalue weighted by molar-refractivity contribution is 5.88. The lowest BCUT2D eigenvalue weighted by Gasteiger charge is -2.36. The molecule has 0 aromatic heterocycles. The molecule has 30 heteroatoms. The minimum Gasteiger partial charge on any atom is -0.459 e. The van der Waals surface area contributed by atoms with Crippen LogP contribution >= 0.6 is 0 Å². The van der Waals surface area contributed by atoms with E-state index in [0.717, 1.165) is 0 Å². The van der Waals surface area contributed by atoms with Crippen LogP contribution in [-0.2, 0) is 90.6 Å². The lowest BCUT2D eigenvalue weighted by atomic mass is 10.1. The maximum atomic E-state index is 15.2. The fourth-order valence-corrected chi connectivity index (χ4v) is 9.33. The summed E-state index contributed by atoms with van der Waals surface area (Å²) in [4.78, 5) is 177. The van der Waals surface area contributed by atoms with E-state index in [-0.39, 0.29) is 77.8 Å². The lowest BCUT2D eigenvalue weighted by Crippen LogP contribution is -2.58. The van der Waals surface area contributed by atoms with Crippen LogP contribution in [0.15, 0.2) is 0 Å². The van der Waals surface area contributed by atoms with Crippen molar-refractivity contribution < 1.29 is 100 Å². The number of imide groups is 1. The van der Waals surface area contributed by atoms with E-state index >= 15 is 9.59 Å². The van der Waals surface area contributed by atoms with Gasteiger partial charge in [0.15, 0.2) is 0 Å². The molecule has 0 heterocycles. The van der Waals surface area contributed by atoms with Crippen LogP contribution in [0.1, 0.15) is 201 Å². The van der Waals surface area contributed by atoms with Gasteiger partial charge in [-0.05, 0) is 200 Å². The standard InChI is InChI=1S/C71H129N9O21/c1-30-74(42-52(82)93-63(3,4)5)35-36-76(43-53(83)94-64(6,7)8)40-50(78(45-55(85)96-66(12,13)14)46-56(86)97-67(15,16)17)59(89)72-31-33-75(39-49(2)81)34-32-73-60(90)51(79(47-57(87)98-68(18,19)20)48-58(88)99-69(21,22)23)41-77(44-54(84)95-65(9,10)11)37-38-80(61(91)100-70(24,25)26)62(92)101-71(27,28)29/h50-51H,30-48H2,1-29H3,(H,72,89)(H,73,90). The van der Waals surface area contributed by atoms with Crippen LogP contribution < -0.4 is 10.6 Å². The Morgan fingerprint density at radius 3 is 0.752 bits per heavy atom. The molecule has 0 aromatic rings. The van der Waals surface area contributed by atoms with Crippen molar-refractivity contribution in [3.05, 3.63) is 0 Å². The van der Waals surface area contributed by atoms with Crippen LogP contribution in [0, 0.1) is 0 Å². The minimum atomic E-state index is -1.54. The highest BCUT2D eigenvalue weighted by atomic mass is 16.6. The molecular formula is C71H129N9O21. The first-order chi connectivity index (χ1) is 45.4. The second-order valence-corrected chi connectivity index (χ2v) is 34.0. The van der Waals surface area contributed by atoms with Crippen LogP contribution in [0.25, 0.3) is 0 Å². The molecule has 0 radical (unpaired) electrons. The third-order valence-corrected chi connectivity index (χ3v) is 12.6. The van der Waals surface area contributed by atoms with Crippen LogP contribution in [-0.4, -0.2) is 293 Å². The van der Waals surface area contributed by atoms with Gasteiger partial charge in [0.2, 0.25) is 11.8 Å². The third-order valence-electron chi connectivity index (χ3n) is 12.6. The molecule has 0 aliphatic heterocycles. The number of nitrogens with zero attached hydrogens (tertiary/aromatic N) is 7. The fourth-order valence-electron chi connectivity index (χ4n) is 9.33. The summed E-state index contributed by atoms with van der Waals surface area (Å²) in [5.74, 6) is -7.04. The highest BCUT2D eigenvalue weighted by Crippen LogP contribution is 2.20. The van der Waals surface area contributed by atoms with E-state index in [2.05, 4.69) is 10.6 Å². The van der Waals surface area contributed by atoms with E-state index in [1.54, 1.807) is 202 Å². The Morgan fingerprint density at radius 2 is 0.515 bits per heavy atom. The van der Waals surface area contributed by atoms with Gasteiger partial charge in [0, 0.05) is 65.4 Å². The molecule has 0 aromatic carbocycles. The number of rotatable bonds is 37. The average Bonchev–Trinajstić information content (AvgIpc) is 0.847. The summed E-state index contributed by atoms with van der Waals surface area (Å²) < 4.78 is 51.1. The van der Waals surface area contributed by atoms with Gasteiger partial charge in [-0.25, -0.2) is 14.5 Å². The smallest absolute Gasteiger partial charge is 0.419 e. The first-order valence-corrected chi connectivity index (χ1v) is 34.6. The van der Waals surface area contributed by atoms with E-state index in [1.807, 2.05) is 6.92 Å². The molecule has 584 valence electrons.